The van der Waals surface area contributed by atoms with Crippen LogP contribution in [0.15, 0.2) is 54.6 Å². The van der Waals surface area contributed by atoms with Crippen LogP contribution in [-0.2, 0) is 6.42 Å². The Morgan fingerprint density at radius 3 is 2.38 bits per heavy atom. The van der Waals surface area contributed by atoms with Crippen LogP contribution in [0.25, 0.3) is 0 Å². The van der Waals surface area contributed by atoms with Crippen LogP contribution in [0.4, 0.5) is 0 Å². The molecule has 1 atom stereocenters. The maximum absolute atomic E-state index is 11.9. The van der Waals surface area contributed by atoms with Gasteiger partial charge in [-0.25, -0.2) is 0 Å². The van der Waals surface area contributed by atoms with Crippen molar-refractivity contribution in [3.63, 3.8) is 0 Å². The van der Waals surface area contributed by atoms with E-state index in [1.807, 2.05) is 36.4 Å². The van der Waals surface area contributed by atoms with Gasteiger partial charge in [-0.15, -0.1) is 0 Å². The molecule has 0 aromatic heterocycles. The minimum atomic E-state index is 0.0820. The Kier molecular flexibility index (Phi) is 2.10. The van der Waals surface area contributed by atoms with Gasteiger partial charge in [0.2, 0.25) is 0 Å². The number of Topliss-reactive ketones (excluding diaryl/α,β-unsaturated/α-hetero) is 1. The van der Waals surface area contributed by atoms with Gasteiger partial charge in [0.1, 0.15) is 0 Å². The number of hydrogen-bond acceptors (Lipinski definition) is 1. The third kappa shape index (κ3) is 1.36. The van der Waals surface area contributed by atoms with E-state index in [1.165, 1.54) is 11.1 Å². The molecule has 1 nitrogen and oxygen atoms in total. The van der Waals surface area contributed by atoms with Gasteiger partial charge in [-0.05, 0) is 17.5 Å². The van der Waals surface area contributed by atoms with E-state index in [9.17, 15) is 4.79 Å². The van der Waals surface area contributed by atoms with Gasteiger partial charge in [-0.1, -0.05) is 54.6 Å². The molecule has 1 aliphatic rings. The summed E-state index contributed by atoms with van der Waals surface area (Å²) in [4.78, 5) is 11.9. The van der Waals surface area contributed by atoms with Gasteiger partial charge in [0, 0.05) is 5.56 Å². The van der Waals surface area contributed by atoms with Crippen LogP contribution in [0, 0.1) is 0 Å². The molecule has 0 radical (unpaired) electrons. The van der Waals surface area contributed by atoms with E-state index >= 15 is 0 Å². The molecule has 1 unspecified atom stereocenters. The maximum atomic E-state index is 11.9. The van der Waals surface area contributed by atoms with Crippen molar-refractivity contribution in [2.45, 2.75) is 12.3 Å². The SMILES string of the molecule is O=C1c2ccccc2C1Cc1ccccc1. The summed E-state index contributed by atoms with van der Waals surface area (Å²) in [5.41, 5.74) is 3.34. The number of hydrogen-bond donors (Lipinski definition) is 0. The van der Waals surface area contributed by atoms with Gasteiger partial charge in [-0.3, -0.25) is 4.79 Å². The fraction of sp³-hybridized carbons (Fsp3) is 0.133. The normalized spacial score (nSPS) is 17.8. The Labute approximate surface area is 94.7 Å². The molecule has 0 saturated carbocycles. The topological polar surface area (TPSA) is 17.1 Å². The summed E-state index contributed by atoms with van der Waals surface area (Å²) in [5.74, 6) is 0.373. The van der Waals surface area contributed by atoms with Gasteiger partial charge in [0.15, 0.2) is 5.78 Å². The monoisotopic (exact) mass is 208 g/mol. The Balaban J connectivity index is 1.88. The van der Waals surface area contributed by atoms with E-state index in [2.05, 4.69) is 18.2 Å². The van der Waals surface area contributed by atoms with Crippen molar-refractivity contribution in [2.75, 3.05) is 0 Å². The average molecular weight is 208 g/mol. The van der Waals surface area contributed by atoms with Crippen LogP contribution in [0.2, 0.25) is 0 Å². The van der Waals surface area contributed by atoms with Crippen molar-refractivity contribution in [1.29, 1.82) is 0 Å². The Hall–Kier alpha value is -1.89. The van der Waals surface area contributed by atoms with Gasteiger partial charge in [0.25, 0.3) is 0 Å². The molecule has 2 aromatic rings. The molecule has 78 valence electrons. The number of ketones is 1. The molecule has 0 spiro atoms. The fourth-order valence-electron chi connectivity index (χ4n) is 2.33. The molecule has 0 amide bonds. The molecule has 0 heterocycles. The molecule has 3 rings (SSSR count). The van der Waals surface area contributed by atoms with E-state index in [1.54, 1.807) is 0 Å². The number of benzene rings is 2. The first-order valence-electron chi connectivity index (χ1n) is 5.53. The third-order valence-electron chi connectivity index (χ3n) is 3.20. The summed E-state index contributed by atoms with van der Waals surface area (Å²) in [6.45, 7) is 0. The Morgan fingerprint density at radius 2 is 1.56 bits per heavy atom. The van der Waals surface area contributed by atoms with Gasteiger partial charge in [0.05, 0.1) is 5.92 Å². The number of rotatable bonds is 2. The Morgan fingerprint density at radius 1 is 0.875 bits per heavy atom. The summed E-state index contributed by atoms with van der Waals surface area (Å²) < 4.78 is 0. The summed E-state index contributed by atoms with van der Waals surface area (Å²) in [6.07, 6.45) is 0.830. The average Bonchev–Trinajstić information content (AvgIpc) is 2.37. The highest BCUT2D eigenvalue weighted by molar-refractivity contribution is 6.10. The predicted molar refractivity (Wildman–Crippen MR) is 63.7 cm³/mol. The van der Waals surface area contributed by atoms with Crippen LogP contribution >= 0.6 is 0 Å². The van der Waals surface area contributed by atoms with Crippen LogP contribution in [0.3, 0.4) is 0 Å². The number of carbonyl (C=O) groups is 1. The minimum Gasteiger partial charge on any atom is -0.293 e. The van der Waals surface area contributed by atoms with Crippen LogP contribution in [0.5, 0.6) is 0 Å². The molecule has 2 aromatic carbocycles. The second-order valence-corrected chi connectivity index (χ2v) is 4.19. The predicted octanol–water partition coefficient (Wildman–Crippen LogP) is 3.21. The molecular weight excluding hydrogens is 196 g/mol. The standard InChI is InChI=1S/C15H12O/c16-15-13-9-5-4-8-12(13)14(15)10-11-6-2-1-3-7-11/h1-9,14H,10H2. The smallest absolute Gasteiger partial charge is 0.170 e. The number of carbonyl (C=O) groups excluding carboxylic acids is 1. The lowest BCUT2D eigenvalue weighted by Crippen LogP contribution is -2.27. The first-order valence-corrected chi connectivity index (χ1v) is 5.53. The molecule has 1 aliphatic carbocycles. The quantitative estimate of drug-likeness (QED) is 0.740. The summed E-state index contributed by atoms with van der Waals surface area (Å²) in [5, 5.41) is 0. The second-order valence-electron chi connectivity index (χ2n) is 4.19. The molecule has 0 fully saturated rings. The number of fused-ring (bicyclic) bond motifs is 1. The lowest BCUT2D eigenvalue weighted by molar-refractivity contribution is 0.0926. The second kappa shape index (κ2) is 3.60. The van der Waals surface area contributed by atoms with Crippen LogP contribution < -0.4 is 0 Å². The third-order valence-corrected chi connectivity index (χ3v) is 3.20. The van der Waals surface area contributed by atoms with Crippen LogP contribution in [0.1, 0.15) is 27.4 Å². The van der Waals surface area contributed by atoms with Crippen LogP contribution in [-0.4, -0.2) is 5.78 Å². The lowest BCUT2D eigenvalue weighted by atomic mass is 9.73. The zero-order valence-corrected chi connectivity index (χ0v) is 8.89. The van der Waals surface area contributed by atoms with Crippen molar-refractivity contribution in [2.24, 2.45) is 0 Å². The zero-order chi connectivity index (χ0) is 11.0. The summed E-state index contributed by atoms with van der Waals surface area (Å²) >= 11 is 0. The molecule has 1 heteroatoms. The largest absolute Gasteiger partial charge is 0.293 e. The maximum Gasteiger partial charge on any atom is 0.170 e. The molecule has 0 saturated heterocycles. The van der Waals surface area contributed by atoms with E-state index in [0.29, 0.717) is 5.78 Å². The zero-order valence-electron chi connectivity index (χ0n) is 8.89. The fourth-order valence-corrected chi connectivity index (χ4v) is 2.33. The van der Waals surface area contributed by atoms with Crippen molar-refractivity contribution < 1.29 is 4.79 Å². The van der Waals surface area contributed by atoms with E-state index in [-0.39, 0.29) is 5.92 Å². The van der Waals surface area contributed by atoms with E-state index in [4.69, 9.17) is 0 Å². The highest BCUT2D eigenvalue weighted by atomic mass is 16.1. The molecule has 0 bridgehead atoms. The van der Waals surface area contributed by atoms with Crippen molar-refractivity contribution in [3.8, 4) is 0 Å². The Bertz CT molecular complexity index is 528. The van der Waals surface area contributed by atoms with E-state index < -0.39 is 0 Å². The van der Waals surface area contributed by atoms with Crippen molar-refractivity contribution in [3.05, 3.63) is 71.3 Å². The molecule has 0 N–H and O–H groups in total. The highest BCUT2D eigenvalue weighted by Crippen LogP contribution is 2.36. The van der Waals surface area contributed by atoms with Crippen molar-refractivity contribution in [1.82, 2.24) is 0 Å². The van der Waals surface area contributed by atoms with E-state index in [0.717, 1.165) is 12.0 Å². The summed E-state index contributed by atoms with van der Waals surface area (Å²) in [7, 11) is 0. The highest BCUT2D eigenvalue weighted by Gasteiger charge is 2.34. The first-order chi connectivity index (χ1) is 7.86. The molecule has 0 aliphatic heterocycles. The minimum absolute atomic E-state index is 0.0820. The molecule has 16 heavy (non-hydrogen) atoms. The van der Waals surface area contributed by atoms with Gasteiger partial charge < -0.3 is 0 Å². The van der Waals surface area contributed by atoms with Crippen molar-refractivity contribution >= 4 is 5.78 Å². The first kappa shape index (κ1) is 9.34. The lowest BCUT2D eigenvalue weighted by Gasteiger charge is -2.28. The summed E-state index contributed by atoms with van der Waals surface area (Å²) in [6, 6.07) is 18.1. The van der Waals surface area contributed by atoms with Gasteiger partial charge in [-0.2, -0.15) is 0 Å². The van der Waals surface area contributed by atoms with Gasteiger partial charge >= 0.3 is 0 Å². The molecular formula is C15H12O.